The molecule has 4 fully saturated rings. The van der Waals surface area contributed by atoms with Gasteiger partial charge in [0.1, 0.15) is 11.6 Å². The third-order valence-electron chi connectivity index (χ3n) is 7.93. The molecule has 0 saturated heterocycles. The van der Waals surface area contributed by atoms with Crippen LogP contribution >= 0.6 is 0 Å². The molecule has 1 aromatic carbocycles. The molecule has 4 aliphatic rings. The molecule has 0 aromatic heterocycles. The molecule has 1 amide bonds. The Morgan fingerprint density at radius 3 is 2.18 bits per heavy atom. The SMILES string of the molecule is COC(=O)c1ccc(C(=O)OC)c(N/C=C(/C#N)C(=O)NC(C)C23CC4CC(CC(C4)C2)C3)c1. The van der Waals surface area contributed by atoms with Crippen molar-refractivity contribution >= 4 is 23.5 Å². The van der Waals surface area contributed by atoms with Crippen LogP contribution in [-0.4, -0.2) is 38.1 Å². The number of benzene rings is 1. The van der Waals surface area contributed by atoms with Crippen molar-refractivity contribution in [1.82, 2.24) is 5.32 Å². The molecular weight excluding hydrogens is 434 g/mol. The number of carbonyl (C=O) groups excluding carboxylic acids is 3. The number of hydrogen-bond donors (Lipinski definition) is 2. The van der Waals surface area contributed by atoms with Crippen LogP contribution in [0.5, 0.6) is 0 Å². The van der Waals surface area contributed by atoms with E-state index < -0.39 is 17.8 Å². The van der Waals surface area contributed by atoms with Gasteiger partial charge in [0.2, 0.25) is 0 Å². The zero-order chi connectivity index (χ0) is 24.5. The zero-order valence-electron chi connectivity index (χ0n) is 19.8. The second-order valence-corrected chi connectivity index (χ2v) is 10.0. The number of carbonyl (C=O) groups is 3. The summed E-state index contributed by atoms with van der Waals surface area (Å²) in [6.07, 6.45) is 8.65. The predicted molar refractivity (Wildman–Crippen MR) is 125 cm³/mol. The molecule has 1 atom stereocenters. The summed E-state index contributed by atoms with van der Waals surface area (Å²) in [4.78, 5) is 37.0. The smallest absolute Gasteiger partial charge is 0.339 e. The number of nitrogens with zero attached hydrogens (tertiary/aromatic N) is 1. The second kappa shape index (κ2) is 9.49. The Kier molecular flexibility index (Phi) is 6.65. The Balaban J connectivity index is 1.50. The minimum atomic E-state index is -0.620. The van der Waals surface area contributed by atoms with Gasteiger partial charge in [-0.05, 0) is 86.8 Å². The summed E-state index contributed by atoms with van der Waals surface area (Å²) in [5.74, 6) is 0.630. The summed E-state index contributed by atoms with van der Waals surface area (Å²) in [6.45, 7) is 2.06. The van der Waals surface area contributed by atoms with Crippen LogP contribution in [0.1, 0.15) is 66.2 Å². The molecule has 0 spiro atoms. The Bertz CT molecular complexity index is 1040. The van der Waals surface area contributed by atoms with E-state index in [1.165, 1.54) is 57.9 Å². The number of amides is 1. The fourth-order valence-corrected chi connectivity index (χ4v) is 6.63. The maximum absolute atomic E-state index is 13.0. The van der Waals surface area contributed by atoms with E-state index in [-0.39, 0.29) is 33.8 Å². The molecule has 1 unspecified atom stereocenters. The normalized spacial score (nSPS) is 27.9. The molecule has 34 heavy (non-hydrogen) atoms. The van der Waals surface area contributed by atoms with Crippen LogP contribution in [0.2, 0.25) is 0 Å². The molecule has 0 radical (unpaired) electrons. The summed E-state index contributed by atoms with van der Waals surface area (Å²) in [5, 5.41) is 15.6. The van der Waals surface area contributed by atoms with Gasteiger partial charge in [0.25, 0.3) is 5.91 Å². The molecule has 5 rings (SSSR count). The summed E-state index contributed by atoms with van der Waals surface area (Å²) in [7, 11) is 2.50. The third kappa shape index (κ3) is 4.52. The lowest BCUT2D eigenvalue weighted by Gasteiger charge is -2.59. The van der Waals surface area contributed by atoms with Gasteiger partial charge in [0, 0.05) is 12.2 Å². The van der Waals surface area contributed by atoms with Gasteiger partial charge in [-0.2, -0.15) is 5.26 Å². The highest BCUT2D eigenvalue weighted by Gasteiger charge is 2.53. The van der Waals surface area contributed by atoms with Gasteiger partial charge in [0.05, 0.1) is 31.0 Å². The van der Waals surface area contributed by atoms with Gasteiger partial charge < -0.3 is 20.1 Å². The van der Waals surface area contributed by atoms with E-state index >= 15 is 0 Å². The van der Waals surface area contributed by atoms with Crippen molar-refractivity contribution in [2.45, 2.75) is 51.5 Å². The van der Waals surface area contributed by atoms with Crippen LogP contribution in [0.25, 0.3) is 0 Å². The highest BCUT2D eigenvalue weighted by molar-refractivity contribution is 6.00. The molecule has 2 N–H and O–H groups in total. The van der Waals surface area contributed by atoms with E-state index in [1.807, 2.05) is 6.07 Å². The summed E-state index contributed by atoms with van der Waals surface area (Å²) in [5.41, 5.74) is 0.599. The average molecular weight is 466 g/mol. The first-order valence-corrected chi connectivity index (χ1v) is 11.8. The monoisotopic (exact) mass is 465 g/mol. The number of hydrogen-bond acceptors (Lipinski definition) is 7. The molecule has 4 bridgehead atoms. The van der Waals surface area contributed by atoms with E-state index in [4.69, 9.17) is 9.47 Å². The van der Waals surface area contributed by atoms with Gasteiger partial charge in [0.15, 0.2) is 0 Å². The van der Waals surface area contributed by atoms with Gasteiger partial charge >= 0.3 is 11.9 Å². The van der Waals surface area contributed by atoms with Gasteiger partial charge in [-0.15, -0.1) is 0 Å². The van der Waals surface area contributed by atoms with Crippen LogP contribution in [0, 0.1) is 34.5 Å². The highest BCUT2D eigenvalue weighted by atomic mass is 16.5. The Labute approximate surface area is 199 Å². The molecule has 4 aliphatic carbocycles. The highest BCUT2D eigenvalue weighted by Crippen LogP contribution is 2.61. The quantitative estimate of drug-likeness (QED) is 0.357. The number of esters is 2. The average Bonchev–Trinajstić information content (AvgIpc) is 2.82. The van der Waals surface area contributed by atoms with E-state index in [9.17, 15) is 19.6 Å². The van der Waals surface area contributed by atoms with Crippen LogP contribution in [-0.2, 0) is 14.3 Å². The number of methoxy groups -OCH3 is 2. The molecule has 0 aliphatic heterocycles. The topological polar surface area (TPSA) is 118 Å². The molecule has 180 valence electrons. The van der Waals surface area contributed by atoms with Crippen molar-refractivity contribution < 1.29 is 23.9 Å². The van der Waals surface area contributed by atoms with Crippen LogP contribution in [0.15, 0.2) is 30.0 Å². The van der Waals surface area contributed by atoms with Gasteiger partial charge in [-0.3, -0.25) is 4.79 Å². The van der Waals surface area contributed by atoms with Crippen molar-refractivity contribution in [1.29, 1.82) is 5.26 Å². The van der Waals surface area contributed by atoms with Crippen LogP contribution < -0.4 is 10.6 Å². The van der Waals surface area contributed by atoms with E-state index in [2.05, 4.69) is 17.6 Å². The lowest BCUT2D eigenvalue weighted by atomic mass is 9.48. The summed E-state index contributed by atoms with van der Waals surface area (Å²) >= 11 is 0. The maximum atomic E-state index is 13.0. The van der Waals surface area contributed by atoms with Crippen molar-refractivity contribution in [3.8, 4) is 6.07 Å². The van der Waals surface area contributed by atoms with Crippen LogP contribution in [0.4, 0.5) is 5.69 Å². The Morgan fingerprint density at radius 1 is 1.06 bits per heavy atom. The van der Waals surface area contributed by atoms with Crippen LogP contribution in [0.3, 0.4) is 0 Å². The number of rotatable bonds is 7. The van der Waals surface area contributed by atoms with Crippen molar-refractivity contribution in [3.05, 3.63) is 41.1 Å². The predicted octanol–water partition coefficient (Wildman–Crippen LogP) is 3.80. The fraction of sp³-hybridized carbons (Fsp3) is 0.538. The molecule has 0 heterocycles. The lowest BCUT2D eigenvalue weighted by Crippen LogP contribution is -2.56. The number of anilines is 1. The second-order valence-electron chi connectivity index (χ2n) is 10.0. The summed E-state index contributed by atoms with van der Waals surface area (Å²) in [6, 6.07) is 6.20. The minimum absolute atomic E-state index is 0.0292. The first-order chi connectivity index (χ1) is 16.3. The molecular formula is C26H31N3O5. The Morgan fingerprint density at radius 2 is 1.65 bits per heavy atom. The molecule has 4 saturated carbocycles. The number of nitriles is 1. The van der Waals surface area contributed by atoms with Crippen molar-refractivity contribution in [2.75, 3.05) is 19.5 Å². The third-order valence-corrected chi connectivity index (χ3v) is 7.93. The zero-order valence-corrected chi connectivity index (χ0v) is 19.8. The number of ether oxygens (including phenoxy) is 2. The lowest BCUT2D eigenvalue weighted by molar-refractivity contribution is -0.122. The first kappa shape index (κ1) is 23.8. The molecule has 8 heteroatoms. The Hall–Kier alpha value is -3.34. The van der Waals surface area contributed by atoms with E-state index in [1.54, 1.807) is 0 Å². The van der Waals surface area contributed by atoms with Crippen molar-refractivity contribution in [2.24, 2.45) is 23.2 Å². The first-order valence-electron chi connectivity index (χ1n) is 11.8. The van der Waals surface area contributed by atoms with Gasteiger partial charge in [-0.1, -0.05) is 0 Å². The van der Waals surface area contributed by atoms with E-state index in [0.717, 1.165) is 37.0 Å². The maximum Gasteiger partial charge on any atom is 0.339 e. The van der Waals surface area contributed by atoms with Gasteiger partial charge in [-0.25, -0.2) is 9.59 Å². The summed E-state index contributed by atoms with van der Waals surface area (Å²) < 4.78 is 9.53. The van der Waals surface area contributed by atoms with Crippen molar-refractivity contribution in [3.63, 3.8) is 0 Å². The largest absolute Gasteiger partial charge is 0.465 e. The fourth-order valence-electron chi connectivity index (χ4n) is 6.63. The minimum Gasteiger partial charge on any atom is -0.465 e. The molecule has 8 nitrogen and oxygen atoms in total. The van der Waals surface area contributed by atoms with E-state index in [0.29, 0.717) is 0 Å². The standard InChI is InChI=1S/C26H31N3O5/c1-15(26-10-16-6-17(11-26)8-18(7-16)12-26)29-23(30)20(13-27)14-28-22-9-19(24(31)33-2)4-5-21(22)25(32)34-3/h4-5,9,14-18,28H,6-8,10-12H2,1-3H3,(H,29,30)/b20-14-. The molecule has 1 aromatic rings. The number of nitrogens with one attached hydrogen (secondary N) is 2.